The molecule has 4 nitrogen and oxygen atoms in total. The van der Waals surface area contributed by atoms with Crippen molar-refractivity contribution >= 4 is 0 Å². The Morgan fingerprint density at radius 1 is 1.48 bits per heavy atom. The van der Waals surface area contributed by atoms with Crippen LogP contribution in [0.3, 0.4) is 0 Å². The SMILES string of the molecule is COCc1cccc(C(CN)N(C)CC2CCCN2C)c1. The van der Waals surface area contributed by atoms with E-state index in [1.54, 1.807) is 7.11 Å². The van der Waals surface area contributed by atoms with Gasteiger partial charge in [-0.05, 0) is 44.6 Å². The fourth-order valence-corrected chi connectivity index (χ4v) is 3.30. The van der Waals surface area contributed by atoms with Gasteiger partial charge in [-0.3, -0.25) is 4.90 Å². The first-order valence-electron chi connectivity index (χ1n) is 7.84. The van der Waals surface area contributed by atoms with Crippen molar-refractivity contribution in [3.63, 3.8) is 0 Å². The lowest BCUT2D eigenvalue weighted by Crippen LogP contribution is -2.40. The van der Waals surface area contributed by atoms with E-state index >= 15 is 0 Å². The van der Waals surface area contributed by atoms with E-state index in [1.165, 1.54) is 30.5 Å². The number of hydrogen-bond acceptors (Lipinski definition) is 4. The van der Waals surface area contributed by atoms with Crippen molar-refractivity contribution in [1.82, 2.24) is 9.80 Å². The lowest BCUT2D eigenvalue weighted by atomic mass is 10.0. The highest BCUT2D eigenvalue weighted by Crippen LogP contribution is 2.23. The summed E-state index contributed by atoms with van der Waals surface area (Å²) < 4.78 is 5.23. The Hall–Kier alpha value is -0.940. The number of hydrogen-bond donors (Lipinski definition) is 1. The summed E-state index contributed by atoms with van der Waals surface area (Å²) in [5.74, 6) is 0. The van der Waals surface area contributed by atoms with Gasteiger partial charge in [0.05, 0.1) is 6.61 Å². The summed E-state index contributed by atoms with van der Waals surface area (Å²) in [6, 6.07) is 9.52. The van der Waals surface area contributed by atoms with Gasteiger partial charge in [-0.15, -0.1) is 0 Å². The van der Waals surface area contributed by atoms with Gasteiger partial charge in [0.1, 0.15) is 0 Å². The summed E-state index contributed by atoms with van der Waals surface area (Å²) in [5, 5.41) is 0. The topological polar surface area (TPSA) is 41.7 Å². The fourth-order valence-electron chi connectivity index (χ4n) is 3.30. The van der Waals surface area contributed by atoms with Gasteiger partial charge in [0.15, 0.2) is 0 Å². The van der Waals surface area contributed by atoms with Crippen molar-refractivity contribution in [2.24, 2.45) is 5.73 Å². The van der Waals surface area contributed by atoms with Crippen LogP contribution in [0.25, 0.3) is 0 Å². The van der Waals surface area contributed by atoms with Crippen molar-refractivity contribution in [2.45, 2.75) is 31.5 Å². The lowest BCUT2D eigenvalue weighted by Gasteiger charge is -2.32. The van der Waals surface area contributed by atoms with Crippen LogP contribution < -0.4 is 5.73 Å². The van der Waals surface area contributed by atoms with Gasteiger partial charge in [-0.25, -0.2) is 0 Å². The van der Waals surface area contributed by atoms with Crippen LogP contribution in [-0.2, 0) is 11.3 Å². The van der Waals surface area contributed by atoms with Crippen molar-refractivity contribution in [3.8, 4) is 0 Å². The molecule has 2 N–H and O–H groups in total. The van der Waals surface area contributed by atoms with Crippen LogP contribution in [-0.4, -0.2) is 56.7 Å². The third kappa shape index (κ3) is 4.27. The van der Waals surface area contributed by atoms with Crippen LogP contribution >= 0.6 is 0 Å². The normalized spacial score (nSPS) is 21.1. The number of benzene rings is 1. The second-order valence-corrected chi connectivity index (χ2v) is 6.15. The first-order chi connectivity index (χ1) is 10.2. The summed E-state index contributed by atoms with van der Waals surface area (Å²) >= 11 is 0. The van der Waals surface area contributed by atoms with Crippen LogP contribution in [0.5, 0.6) is 0 Å². The molecule has 1 aliphatic heterocycles. The number of rotatable bonds is 7. The number of likely N-dealkylation sites (tertiary alicyclic amines) is 1. The van der Waals surface area contributed by atoms with E-state index in [9.17, 15) is 0 Å². The molecule has 1 aromatic rings. The van der Waals surface area contributed by atoms with E-state index in [0.717, 1.165) is 6.54 Å². The summed E-state index contributed by atoms with van der Waals surface area (Å²) in [6.45, 7) is 3.59. The van der Waals surface area contributed by atoms with Crippen LogP contribution in [0, 0.1) is 0 Å². The fraction of sp³-hybridized carbons (Fsp3) is 0.647. The molecule has 0 bridgehead atoms. The monoisotopic (exact) mass is 291 g/mol. The molecule has 4 heteroatoms. The largest absolute Gasteiger partial charge is 0.380 e. The minimum atomic E-state index is 0.274. The zero-order valence-electron chi connectivity index (χ0n) is 13.6. The van der Waals surface area contributed by atoms with Crippen LogP contribution in [0.2, 0.25) is 0 Å². The van der Waals surface area contributed by atoms with Gasteiger partial charge in [0.2, 0.25) is 0 Å². The Labute approximate surface area is 128 Å². The lowest BCUT2D eigenvalue weighted by molar-refractivity contribution is 0.177. The summed E-state index contributed by atoms with van der Waals surface area (Å²) in [5.41, 5.74) is 8.55. The summed E-state index contributed by atoms with van der Waals surface area (Å²) in [7, 11) is 6.14. The third-order valence-electron chi connectivity index (χ3n) is 4.57. The molecular weight excluding hydrogens is 262 g/mol. The Morgan fingerprint density at radius 2 is 2.29 bits per heavy atom. The minimum Gasteiger partial charge on any atom is -0.380 e. The molecule has 2 unspecified atom stereocenters. The highest BCUT2D eigenvalue weighted by molar-refractivity contribution is 5.26. The number of nitrogens with zero attached hydrogens (tertiary/aromatic N) is 2. The molecule has 0 aromatic heterocycles. The highest BCUT2D eigenvalue weighted by atomic mass is 16.5. The predicted octanol–water partition coefficient (Wildman–Crippen LogP) is 1.86. The molecule has 1 aromatic carbocycles. The third-order valence-corrected chi connectivity index (χ3v) is 4.57. The molecule has 0 radical (unpaired) electrons. The number of methoxy groups -OCH3 is 1. The van der Waals surface area contributed by atoms with Crippen molar-refractivity contribution < 1.29 is 4.74 Å². The number of nitrogens with two attached hydrogens (primary N) is 1. The van der Waals surface area contributed by atoms with E-state index in [2.05, 4.69) is 48.2 Å². The zero-order valence-corrected chi connectivity index (χ0v) is 13.6. The van der Waals surface area contributed by atoms with Gasteiger partial charge >= 0.3 is 0 Å². The minimum absolute atomic E-state index is 0.274. The molecule has 1 aliphatic rings. The van der Waals surface area contributed by atoms with E-state index in [1.807, 2.05) is 0 Å². The summed E-state index contributed by atoms with van der Waals surface area (Å²) in [6.07, 6.45) is 2.60. The standard InChI is InChI=1S/C17H29N3O/c1-19-9-5-8-16(19)12-20(2)17(11-18)15-7-4-6-14(10-15)13-21-3/h4,6-7,10,16-17H,5,8-9,11-13,18H2,1-3H3. The average Bonchev–Trinajstić information content (AvgIpc) is 2.86. The van der Waals surface area contributed by atoms with Gasteiger partial charge in [0.25, 0.3) is 0 Å². The molecule has 0 amide bonds. The molecule has 0 saturated carbocycles. The first kappa shape index (κ1) is 16.4. The molecule has 2 atom stereocenters. The molecule has 0 spiro atoms. The second kappa shape index (κ2) is 7.90. The van der Waals surface area contributed by atoms with Crippen LogP contribution in [0.4, 0.5) is 0 Å². The zero-order chi connectivity index (χ0) is 15.2. The van der Waals surface area contributed by atoms with Crippen molar-refractivity contribution in [2.75, 3.05) is 40.8 Å². The van der Waals surface area contributed by atoms with Gasteiger partial charge < -0.3 is 15.4 Å². The van der Waals surface area contributed by atoms with Crippen molar-refractivity contribution in [1.29, 1.82) is 0 Å². The molecule has 1 heterocycles. The molecule has 0 aliphatic carbocycles. The maximum Gasteiger partial charge on any atom is 0.0713 e. The van der Waals surface area contributed by atoms with Gasteiger partial charge in [-0.2, -0.15) is 0 Å². The Balaban J connectivity index is 2.05. The van der Waals surface area contributed by atoms with Crippen LogP contribution in [0.15, 0.2) is 24.3 Å². The molecule has 21 heavy (non-hydrogen) atoms. The maximum atomic E-state index is 6.05. The Bertz CT molecular complexity index is 438. The van der Waals surface area contributed by atoms with Gasteiger partial charge in [-0.1, -0.05) is 24.3 Å². The van der Waals surface area contributed by atoms with Crippen LogP contribution in [0.1, 0.15) is 30.0 Å². The maximum absolute atomic E-state index is 6.05. The molecule has 118 valence electrons. The Morgan fingerprint density at radius 3 is 2.90 bits per heavy atom. The first-order valence-corrected chi connectivity index (χ1v) is 7.84. The van der Waals surface area contributed by atoms with Crippen molar-refractivity contribution in [3.05, 3.63) is 35.4 Å². The quantitative estimate of drug-likeness (QED) is 0.832. The van der Waals surface area contributed by atoms with E-state index in [-0.39, 0.29) is 6.04 Å². The molecule has 1 saturated heterocycles. The van der Waals surface area contributed by atoms with E-state index in [0.29, 0.717) is 19.2 Å². The predicted molar refractivity (Wildman–Crippen MR) is 87.2 cm³/mol. The Kier molecular flexibility index (Phi) is 6.18. The summed E-state index contributed by atoms with van der Waals surface area (Å²) in [4.78, 5) is 4.86. The average molecular weight is 291 g/mol. The molecule has 1 fully saturated rings. The van der Waals surface area contributed by atoms with E-state index in [4.69, 9.17) is 10.5 Å². The smallest absolute Gasteiger partial charge is 0.0713 e. The van der Waals surface area contributed by atoms with Gasteiger partial charge in [0, 0.05) is 32.3 Å². The number of ether oxygens (including phenoxy) is 1. The number of likely N-dealkylation sites (N-methyl/N-ethyl adjacent to an activating group) is 2. The highest BCUT2D eigenvalue weighted by Gasteiger charge is 2.25. The molecular formula is C17H29N3O. The molecule has 2 rings (SSSR count). The second-order valence-electron chi connectivity index (χ2n) is 6.15. The van der Waals surface area contributed by atoms with E-state index < -0.39 is 0 Å².